The Hall–Kier alpha value is -3.27. The monoisotopic (exact) mass is 443 g/mol. The van der Waals surface area contributed by atoms with Crippen molar-refractivity contribution in [3.8, 4) is 11.3 Å². The SMILES string of the molecule is O=c1c2ccc(-c3cnc4cc(N5CCN(C(F)(F)F)CC5)ccn34)cc2on1C1CC1. The van der Waals surface area contributed by atoms with Gasteiger partial charge in [-0.15, -0.1) is 0 Å². The summed E-state index contributed by atoms with van der Waals surface area (Å²) in [4.78, 5) is 19.4. The predicted molar refractivity (Wildman–Crippen MR) is 113 cm³/mol. The van der Waals surface area contributed by atoms with E-state index >= 15 is 0 Å². The molecule has 1 saturated heterocycles. The van der Waals surface area contributed by atoms with E-state index in [1.165, 1.54) is 4.74 Å². The summed E-state index contributed by atoms with van der Waals surface area (Å²) in [7, 11) is 0. The van der Waals surface area contributed by atoms with E-state index < -0.39 is 6.30 Å². The second-order valence-electron chi connectivity index (χ2n) is 8.36. The lowest BCUT2D eigenvalue weighted by atomic mass is 10.1. The number of aromatic nitrogens is 3. The van der Waals surface area contributed by atoms with Crippen molar-refractivity contribution in [2.45, 2.75) is 25.2 Å². The molecule has 2 aliphatic rings. The van der Waals surface area contributed by atoms with E-state index in [2.05, 4.69) is 4.98 Å². The van der Waals surface area contributed by atoms with Crippen LogP contribution in [0.5, 0.6) is 0 Å². The molecule has 32 heavy (non-hydrogen) atoms. The lowest BCUT2D eigenvalue weighted by Gasteiger charge is -2.36. The zero-order chi connectivity index (χ0) is 22.0. The lowest BCUT2D eigenvalue weighted by Crippen LogP contribution is -2.51. The second-order valence-corrected chi connectivity index (χ2v) is 8.36. The first-order chi connectivity index (χ1) is 15.4. The summed E-state index contributed by atoms with van der Waals surface area (Å²) < 4.78 is 47.8. The van der Waals surface area contributed by atoms with Crippen LogP contribution in [0.2, 0.25) is 0 Å². The summed E-state index contributed by atoms with van der Waals surface area (Å²) in [5.74, 6) is 0. The third-order valence-corrected chi connectivity index (χ3v) is 6.28. The number of rotatable bonds is 3. The molecule has 3 aromatic heterocycles. The highest BCUT2D eigenvalue weighted by atomic mass is 19.4. The van der Waals surface area contributed by atoms with Crippen molar-refractivity contribution in [1.29, 1.82) is 0 Å². The molecule has 2 fully saturated rings. The van der Waals surface area contributed by atoms with Gasteiger partial charge in [-0.2, -0.15) is 17.9 Å². The fraction of sp³-hybridized carbons (Fsp3) is 0.364. The van der Waals surface area contributed by atoms with Crippen molar-refractivity contribution in [2.75, 3.05) is 31.1 Å². The largest absolute Gasteiger partial charge is 0.460 e. The number of alkyl halides is 3. The number of piperazine rings is 1. The Labute approximate surface area is 180 Å². The Bertz CT molecular complexity index is 1370. The number of nitrogens with zero attached hydrogens (tertiary/aromatic N) is 5. The highest BCUT2D eigenvalue weighted by Crippen LogP contribution is 2.35. The first-order valence-corrected chi connectivity index (χ1v) is 10.6. The van der Waals surface area contributed by atoms with E-state index in [0.717, 1.165) is 29.8 Å². The van der Waals surface area contributed by atoms with Gasteiger partial charge < -0.3 is 9.42 Å². The number of pyridine rings is 1. The first-order valence-electron chi connectivity index (χ1n) is 10.6. The molecule has 7 nitrogen and oxygen atoms in total. The Balaban J connectivity index is 1.29. The van der Waals surface area contributed by atoms with Gasteiger partial charge in [0.1, 0.15) is 5.65 Å². The average molecular weight is 443 g/mol. The lowest BCUT2D eigenvalue weighted by molar-refractivity contribution is -0.246. The number of hydrogen-bond donors (Lipinski definition) is 0. The van der Waals surface area contributed by atoms with Gasteiger partial charge in [-0.3, -0.25) is 9.20 Å². The van der Waals surface area contributed by atoms with Gasteiger partial charge in [-0.05, 0) is 31.0 Å². The van der Waals surface area contributed by atoms with Gasteiger partial charge in [0.05, 0.1) is 23.3 Å². The summed E-state index contributed by atoms with van der Waals surface area (Å²) in [5, 5.41) is 0.565. The molecule has 0 amide bonds. The van der Waals surface area contributed by atoms with Crippen LogP contribution < -0.4 is 10.5 Å². The van der Waals surface area contributed by atoms with Gasteiger partial charge in [0.2, 0.25) is 0 Å². The molecular formula is C22H20F3N5O2. The van der Waals surface area contributed by atoms with Crippen LogP contribution in [0.4, 0.5) is 18.9 Å². The highest BCUT2D eigenvalue weighted by Gasteiger charge is 2.38. The first kappa shape index (κ1) is 19.4. The molecule has 4 heterocycles. The van der Waals surface area contributed by atoms with Crippen LogP contribution >= 0.6 is 0 Å². The molecule has 1 aliphatic carbocycles. The molecule has 0 N–H and O–H groups in total. The highest BCUT2D eigenvalue weighted by molar-refractivity contribution is 5.82. The minimum atomic E-state index is -4.28. The van der Waals surface area contributed by atoms with Gasteiger partial charge in [0, 0.05) is 49.7 Å². The van der Waals surface area contributed by atoms with E-state index in [0.29, 0.717) is 34.6 Å². The van der Waals surface area contributed by atoms with Gasteiger partial charge in [-0.25, -0.2) is 9.88 Å². The smallest absolute Gasteiger partial charge is 0.375 e. The number of benzene rings is 1. The van der Waals surface area contributed by atoms with Gasteiger partial charge >= 0.3 is 6.30 Å². The predicted octanol–water partition coefficient (Wildman–Crippen LogP) is 3.89. The van der Waals surface area contributed by atoms with Crippen molar-refractivity contribution < 1.29 is 17.7 Å². The fourth-order valence-electron chi connectivity index (χ4n) is 4.35. The van der Waals surface area contributed by atoms with Crippen LogP contribution in [0.3, 0.4) is 0 Å². The van der Waals surface area contributed by atoms with E-state index in [1.807, 2.05) is 39.8 Å². The maximum absolute atomic E-state index is 12.9. The number of hydrogen-bond acceptors (Lipinski definition) is 5. The molecule has 0 radical (unpaired) electrons. The van der Waals surface area contributed by atoms with Gasteiger partial charge in [0.15, 0.2) is 5.58 Å². The van der Waals surface area contributed by atoms with Crippen LogP contribution in [0.25, 0.3) is 27.9 Å². The van der Waals surface area contributed by atoms with E-state index in [-0.39, 0.29) is 24.7 Å². The third kappa shape index (κ3) is 3.17. The molecular weight excluding hydrogens is 423 g/mol. The molecule has 0 spiro atoms. The standard InChI is InChI=1S/C22H20F3N5O2/c23-22(24,25)28-9-7-27(8-10-28)16-5-6-29-18(13-26-20(29)12-16)14-1-4-17-19(11-14)32-30(21(17)31)15-2-3-15/h1,4-6,11-13,15H,2-3,7-10H2. The van der Waals surface area contributed by atoms with Crippen LogP contribution in [-0.2, 0) is 0 Å². The quantitative estimate of drug-likeness (QED) is 0.450. The average Bonchev–Trinajstić information content (AvgIpc) is 3.46. The summed E-state index contributed by atoms with van der Waals surface area (Å²) in [5.41, 5.74) is 3.72. The van der Waals surface area contributed by atoms with Crippen LogP contribution in [-0.4, -0.2) is 51.5 Å². The Kier molecular flexibility index (Phi) is 4.16. The van der Waals surface area contributed by atoms with E-state index in [1.54, 1.807) is 12.3 Å². The minimum Gasteiger partial charge on any atom is -0.375 e. The molecule has 166 valence electrons. The van der Waals surface area contributed by atoms with Crippen molar-refractivity contribution in [1.82, 2.24) is 19.0 Å². The Morgan fingerprint density at radius 3 is 2.53 bits per heavy atom. The van der Waals surface area contributed by atoms with Crippen LogP contribution in [0.1, 0.15) is 18.9 Å². The van der Waals surface area contributed by atoms with Crippen LogP contribution in [0.15, 0.2) is 52.0 Å². The summed E-state index contributed by atoms with van der Waals surface area (Å²) in [6.07, 6.45) is 1.27. The maximum atomic E-state index is 12.9. The van der Waals surface area contributed by atoms with E-state index in [4.69, 9.17) is 4.52 Å². The molecule has 10 heteroatoms. The molecule has 1 aliphatic heterocycles. The van der Waals surface area contributed by atoms with Gasteiger partial charge in [-0.1, -0.05) is 6.07 Å². The fourth-order valence-corrected chi connectivity index (χ4v) is 4.35. The van der Waals surface area contributed by atoms with Crippen molar-refractivity contribution in [2.24, 2.45) is 0 Å². The van der Waals surface area contributed by atoms with Crippen molar-refractivity contribution in [3.63, 3.8) is 0 Å². The molecule has 6 rings (SSSR count). The zero-order valence-corrected chi connectivity index (χ0v) is 17.0. The van der Waals surface area contributed by atoms with Gasteiger partial charge in [0.25, 0.3) is 5.56 Å². The number of fused-ring (bicyclic) bond motifs is 2. The summed E-state index contributed by atoms with van der Waals surface area (Å²) >= 11 is 0. The molecule has 1 aromatic carbocycles. The number of anilines is 1. The zero-order valence-electron chi connectivity index (χ0n) is 17.0. The van der Waals surface area contributed by atoms with Crippen molar-refractivity contribution >= 4 is 22.3 Å². The summed E-state index contributed by atoms with van der Waals surface area (Å²) in [6.45, 7) is 0.494. The Morgan fingerprint density at radius 1 is 1.03 bits per heavy atom. The number of imidazole rings is 1. The topological polar surface area (TPSA) is 58.9 Å². The molecule has 4 aromatic rings. The number of halogens is 3. The molecule has 0 atom stereocenters. The van der Waals surface area contributed by atoms with Crippen molar-refractivity contribution in [3.05, 3.63) is 53.1 Å². The molecule has 1 saturated carbocycles. The third-order valence-electron chi connectivity index (χ3n) is 6.28. The minimum absolute atomic E-state index is 0.0555. The summed E-state index contributed by atoms with van der Waals surface area (Å²) in [6, 6.07) is 9.46. The van der Waals surface area contributed by atoms with Crippen LogP contribution in [0, 0.1) is 0 Å². The molecule has 0 bridgehead atoms. The second kappa shape index (κ2) is 6.86. The normalized spacial score (nSPS) is 18.2. The Morgan fingerprint density at radius 2 is 1.81 bits per heavy atom. The molecule has 0 unspecified atom stereocenters. The van der Waals surface area contributed by atoms with E-state index in [9.17, 15) is 18.0 Å². The maximum Gasteiger partial charge on any atom is 0.460 e.